The van der Waals surface area contributed by atoms with Crippen LogP contribution in [-0.2, 0) is 0 Å². The Bertz CT molecular complexity index is 903. The molecule has 3 aromatic rings. The highest BCUT2D eigenvalue weighted by Gasteiger charge is 2.07. The monoisotopic (exact) mass is 395 g/mol. The number of anilines is 3. The second kappa shape index (κ2) is 10.1. The lowest BCUT2D eigenvalue weighted by atomic mass is 10.3. The summed E-state index contributed by atoms with van der Waals surface area (Å²) in [4.78, 5) is 4.43. The van der Waals surface area contributed by atoms with Gasteiger partial charge in [0.15, 0.2) is 5.82 Å². The molecule has 0 aliphatic rings. The number of hydrogen-bond donors (Lipinski definition) is 2. The predicted octanol–water partition coefficient (Wildman–Crippen LogP) is 3.90. The van der Waals surface area contributed by atoms with Crippen LogP contribution in [0.2, 0.25) is 0 Å². The zero-order valence-electron chi connectivity index (χ0n) is 16.8. The van der Waals surface area contributed by atoms with E-state index in [4.69, 9.17) is 14.2 Å². The maximum Gasteiger partial charge on any atom is 0.244 e. The second-order valence-corrected chi connectivity index (χ2v) is 6.40. The molecule has 0 unspecified atom stereocenters. The van der Waals surface area contributed by atoms with Crippen molar-refractivity contribution in [2.24, 2.45) is 0 Å². The molecule has 1 heterocycles. The Morgan fingerprint density at radius 1 is 1.00 bits per heavy atom. The van der Waals surface area contributed by atoms with E-state index in [2.05, 4.69) is 25.8 Å². The minimum atomic E-state index is 0.0735. The van der Waals surface area contributed by atoms with Gasteiger partial charge >= 0.3 is 0 Å². The van der Waals surface area contributed by atoms with E-state index >= 15 is 0 Å². The van der Waals surface area contributed by atoms with Crippen molar-refractivity contribution in [1.82, 2.24) is 15.2 Å². The molecule has 0 spiro atoms. The summed E-state index contributed by atoms with van der Waals surface area (Å²) in [6.07, 6.45) is 1.63. The lowest BCUT2D eigenvalue weighted by molar-refractivity contribution is 0.244. The molecular formula is C21H25N5O3. The largest absolute Gasteiger partial charge is 0.497 e. The van der Waals surface area contributed by atoms with Crippen LogP contribution in [0.5, 0.6) is 17.2 Å². The molecule has 0 saturated heterocycles. The van der Waals surface area contributed by atoms with Crippen molar-refractivity contribution < 1.29 is 14.2 Å². The standard InChI is InChI=1S/C21H25N5O3/c1-15(2)29-19-7-5-4-6-18(19)24-20-14-23-26-21(25-20)22-12-13-28-17-10-8-16(27-3)9-11-17/h4-11,14-15H,12-13H2,1-3H3,(H2,22,24,25,26). The van der Waals surface area contributed by atoms with Crippen molar-refractivity contribution in [3.05, 3.63) is 54.7 Å². The molecule has 3 rings (SSSR count). The summed E-state index contributed by atoms with van der Waals surface area (Å²) in [5.74, 6) is 3.29. The van der Waals surface area contributed by atoms with E-state index in [1.807, 2.05) is 62.4 Å². The van der Waals surface area contributed by atoms with Crippen LogP contribution in [0, 0.1) is 0 Å². The fourth-order valence-electron chi connectivity index (χ4n) is 2.51. The van der Waals surface area contributed by atoms with E-state index in [0.717, 1.165) is 22.9 Å². The summed E-state index contributed by atoms with van der Waals surface area (Å²) in [6.45, 7) is 4.96. The maximum atomic E-state index is 5.82. The lowest BCUT2D eigenvalue weighted by Crippen LogP contribution is -2.14. The second-order valence-electron chi connectivity index (χ2n) is 6.40. The maximum absolute atomic E-state index is 5.82. The van der Waals surface area contributed by atoms with Crippen LogP contribution in [-0.4, -0.2) is 41.5 Å². The molecule has 0 radical (unpaired) electrons. The van der Waals surface area contributed by atoms with Gasteiger partial charge in [0.05, 0.1) is 31.6 Å². The smallest absolute Gasteiger partial charge is 0.244 e. The molecule has 0 aliphatic carbocycles. The van der Waals surface area contributed by atoms with Gasteiger partial charge in [-0.3, -0.25) is 0 Å². The summed E-state index contributed by atoms with van der Waals surface area (Å²) in [5.41, 5.74) is 0.815. The topological polar surface area (TPSA) is 90.4 Å². The molecule has 8 nitrogen and oxygen atoms in total. The Morgan fingerprint density at radius 2 is 1.76 bits per heavy atom. The normalized spacial score (nSPS) is 10.5. The molecule has 2 aromatic carbocycles. The number of aromatic nitrogens is 3. The third-order valence-electron chi connectivity index (χ3n) is 3.78. The number of nitrogens with zero attached hydrogens (tertiary/aromatic N) is 3. The van der Waals surface area contributed by atoms with Gasteiger partial charge in [-0.2, -0.15) is 10.1 Å². The third kappa shape index (κ3) is 6.24. The Kier molecular flexibility index (Phi) is 7.05. The molecule has 8 heteroatoms. The zero-order chi connectivity index (χ0) is 20.5. The Balaban J connectivity index is 1.53. The van der Waals surface area contributed by atoms with Crippen LogP contribution >= 0.6 is 0 Å². The summed E-state index contributed by atoms with van der Waals surface area (Å²) in [5, 5.41) is 14.3. The number of hydrogen-bond acceptors (Lipinski definition) is 8. The van der Waals surface area contributed by atoms with Crippen LogP contribution in [0.3, 0.4) is 0 Å². The van der Waals surface area contributed by atoms with Gasteiger partial charge in [0.25, 0.3) is 0 Å². The van der Waals surface area contributed by atoms with E-state index in [-0.39, 0.29) is 6.10 Å². The molecule has 152 valence electrons. The molecule has 0 saturated carbocycles. The highest BCUT2D eigenvalue weighted by atomic mass is 16.5. The Labute approximate surface area is 170 Å². The van der Waals surface area contributed by atoms with Gasteiger partial charge in [0.1, 0.15) is 23.9 Å². The molecule has 29 heavy (non-hydrogen) atoms. The van der Waals surface area contributed by atoms with E-state index in [1.54, 1.807) is 13.3 Å². The summed E-state index contributed by atoms with van der Waals surface area (Å²) >= 11 is 0. The SMILES string of the molecule is COc1ccc(OCCNc2nncc(Nc3ccccc3OC(C)C)n2)cc1. The van der Waals surface area contributed by atoms with Gasteiger partial charge in [-0.05, 0) is 50.2 Å². The van der Waals surface area contributed by atoms with Gasteiger partial charge in [-0.1, -0.05) is 12.1 Å². The number of para-hydroxylation sites is 2. The molecule has 0 aliphatic heterocycles. The van der Waals surface area contributed by atoms with Crippen molar-refractivity contribution in [2.75, 3.05) is 30.9 Å². The number of benzene rings is 2. The lowest BCUT2D eigenvalue weighted by Gasteiger charge is -2.15. The fraction of sp³-hybridized carbons (Fsp3) is 0.286. The quantitative estimate of drug-likeness (QED) is 0.500. The summed E-state index contributed by atoms with van der Waals surface area (Å²) < 4.78 is 16.6. The Morgan fingerprint density at radius 3 is 2.52 bits per heavy atom. The van der Waals surface area contributed by atoms with Crippen molar-refractivity contribution in [3.63, 3.8) is 0 Å². The van der Waals surface area contributed by atoms with E-state index in [0.29, 0.717) is 24.9 Å². The average Bonchev–Trinajstić information content (AvgIpc) is 2.73. The highest BCUT2D eigenvalue weighted by Crippen LogP contribution is 2.27. The molecule has 0 atom stereocenters. The molecule has 0 bridgehead atoms. The van der Waals surface area contributed by atoms with Gasteiger partial charge in [-0.25, -0.2) is 0 Å². The van der Waals surface area contributed by atoms with Crippen molar-refractivity contribution in [1.29, 1.82) is 0 Å². The van der Waals surface area contributed by atoms with Gasteiger partial charge in [0, 0.05) is 0 Å². The van der Waals surface area contributed by atoms with E-state index in [1.165, 1.54) is 0 Å². The first-order valence-corrected chi connectivity index (χ1v) is 9.37. The number of methoxy groups -OCH3 is 1. The molecule has 0 amide bonds. The van der Waals surface area contributed by atoms with E-state index < -0.39 is 0 Å². The molecule has 2 N–H and O–H groups in total. The average molecular weight is 395 g/mol. The first kappa shape index (κ1) is 20.2. The highest BCUT2D eigenvalue weighted by molar-refractivity contribution is 5.64. The predicted molar refractivity (Wildman–Crippen MR) is 112 cm³/mol. The van der Waals surface area contributed by atoms with Crippen LogP contribution < -0.4 is 24.8 Å². The molecule has 1 aromatic heterocycles. The third-order valence-corrected chi connectivity index (χ3v) is 3.78. The van der Waals surface area contributed by atoms with Crippen LogP contribution in [0.4, 0.5) is 17.5 Å². The van der Waals surface area contributed by atoms with Crippen molar-refractivity contribution in [2.45, 2.75) is 20.0 Å². The van der Waals surface area contributed by atoms with Gasteiger partial charge in [-0.15, -0.1) is 5.10 Å². The first-order valence-electron chi connectivity index (χ1n) is 9.37. The van der Waals surface area contributed by atoms with Gasteiger partial charge < -0.3 is 24.8 Å². The van der Waals surface area contributed by atoms with E-state index in [9.17, 15) is 0 Å². The van der Waals surface area contributed by atoms with Gasteiger partial charge in [0.2, 0.25) is 5.95 Å². The summed E-state index contributed by atoms with van der Waals surface area (Å²) in [6, 6.07) is 15.1. The Hall–Kier alpha value is -3.55. The first-order chi connectivity index (χ1) is 14.1. The van der Waals surface area contributed by atoms with Crippen LogP contribution in [0.15, 0.2) is 54.7 Å². The number of nitrogens with one attached hydrogen (secondary N) is 2. The zero-order valence-corrected chi connectivity index (χ0v) is 16.8. The fourth-order valence-corrected chi connectivity index (χ4v) is 2.51. The molecular weight excluding hydrogens is 370 g/mol. The van der Waals surface area contributed by atoms with Crippen molar-refractivity contribution >= 4 is 17.5 Å². The number of rotatable bonds is 10. The minimum absolute atomic E-state index is 0.0735. The van der Waals surface area contributed by atoms with Crippen LogP contribution in [0.25, 0.3) is 0 Å². The number of ether oxygens (including phenoxy) is 3. The summed E-state index contributed by atoms with van der Waals surface area (Å²) in [7, 11) is 1.63. The van der Waals surface area contributed by atoms with Crippen LogP contribution in [0.1, 0.15) is 13.8 Å². The van der Waals surface area contributed by atoms with Crippen molar-refractivity contribution in [3.8, 4) is 17.2 Å². The minimum Gasteiger partial charge on any atom is -0.497 e. The molecule has 0 fully saturated rings.